The molecule has 90 valence electrons. The molecule has 1 heterocycles. The normalized spacial score (nSPS) is 10.5. The number of aromatic nitrogens is 2. The lowest BCUT2D eigenvalue weighted by Crippen LogP contribution is -1.88. The molecule has 0 amide bonds. The summed E-state index contributed by atoms with van der Waals surface area (Å²) in [5.74, 6) is 2.11. The minimum atomic E-state index is 0.439. The van der Waals surface area contributed by atoms with Gasteiger partial charge in [0.1, 0.15) is 5.75 Å². The quantitative estimate of drug-likeness (QED) is 0.812. The number of hydrogen-bond donors (Lipinski definition) is 0. The summed E-state index contributed by atoms with van der Waals surface area (Å²) in [7, 11) is 1.60. The highest BCUT2D eigenvalue weighted by molar-refractivity contribution is 9.10. The smallest absolute Gasteiger partial charge is 0.251 e. The van der Waals surface area contributed by atoms with Crippen LogP contribution in [0.1, 0.15) is 5.89 Å². The fourth-order valence-electron chi connectivity index (χ4n) is 1.39. The van der Waals surface area contributed by atoms with Crippen molar-refractivity contribution in [3.8, 4) is 17.2 Å². The van der Waals surface area contributed by atoms with Gasteiger partial charge in [-0.05, 0) is 18.2 Å². The van der Waals surface area contributed by atoms with E-state index in [1.54, 1.807) is 7.11 Å². The lowest BCUT2D eigenvalue weighted by Gasteiger charge is -2.04. The largest absolute Gasteiger partial charge is 0.496 e. The molecule has 0 aliphatic rings. The maximum Gasteiger partial charge on any atom is 0.251 e. The van der Waals surface area contributed by atoms with Crippen LogP contribution in [0.2, 0.25) is 0 Å². The topological polar surface area (TPSA) is 48.2 Å². The molecule has 4 nitrogen and oxygen atoms in total. The Balaban J connectivity index is 2.37. The van der Waals surface area contributed by atoms with Crippen molar-refractivity contribution in [1.29, 1.82) is 0 Å². The van der Waals surface area contributed by atoms with Gasteiger partial charge in [0.2, 0.25) is 5.89 Å². The van der Waals surface area contributed by atoms with Crippen LogP contribution in [0.5, 0.6) is 5.75 Å². The first-order chi connectivity index (χ1) is 8.24. The van der Waals surface area contributed by atoms with E-state index in [-0.39, 0.29) is 0 Å². The lowest BCUT2D eigenvalue weighted by atomic mass is 10.2. The van der Waals surface area contributed by atoms with Gasteiger partial charge in [-0.3, -0.25) is 0 Å². The number of benzene rings is 1. The number of alkyl halides is 1. The van der Waals surface area contributed by atoms with Gasteiger partial charge in [-0.15, -0.1) is 21.8 Å². The fourth-order valence-corrected chi connectivity index (χ4v) is 1.89. The molecular weight excluding hydrogens is 307 g/mol. The Labute approximate surface area is 112 Å². The van der Waals surface area contributed by atoms with Crippen molar-refractivity contribution in [3.05, 3.63) is 28.6 Å². The van der Waals surface area contributed by atoms with Crippen molar-refractivity contribution in [2.75, 3.05) is 13.0 Å². The van der Waals surface area contributed by atoms with E-state index in [0.717, 1.165) is 10.0 Å². The standard InChI is InChI=1S/C11H10BrClN2O2/c1-16-9-6-7(12)2-3-8(9)11-15-14-10(17-11)4-5-13/h2-3,6H,4-5H2,1H3. The third kappa shape index (κ3) is 2.79. The molecule has 2 aromatic rings. The zero-order chi connectivity index (χ0) is 12.3. The molecule has 6 heteroatoms. The van der Waals surface area contributed by atoms with Crippen molar-refractivity contribution >= 4 is 27.5 Å². The van der Waals surface area contributed by atoms with E-state index in [2.05, 4.69) is 26.1 Å². The average molecular weight is 318 g/mol. The molecule has 0 atom stereocenters. The van der Waals surface area contributed by atoms with Gasteiger partial charge in [0.15, 0.2) is 0 Å². The molecule has 0 bridgehead atoms. The van der Waals surface area contributed by atoms with Crippen LogP contribution in [0, 0.1) is 0 Å². The molecule has 0 fully saturated rings. The van der Waals surface area contributed by atoms with Gasteiger partial charge in [0.05, 0.1) is 12.7 Å². The van der Waals surface area contributed by atoms with E-state index in [9.17, 15) is 0 Å². The maximum atomic E-state index is 5.61. The van der Waals surface area contributed by atoms with Crippen LogP contribution in [0.25, 0.3) is 11.5 Å². The minimum absolute atomic E-state index is 0.439. The molecular formula is C11H10BrClN2O2. The second-order valence-corrected chi connectivity index (χ2v) is 4.58. The second-order valence-electron chi connectivity index (χ2n) is 3.28. The number of methoxy groups -OCH3 is 1. The highest BCUT2D eigenvalue weighted by Crippen LogP contribution is 2.31. The third-order valence-electron chi connectivity index (χ3n) is 2.17. The summed E-state index contributed by atoms with van der Waals surface area (Å²) in [5, 5.41) is 7.88. The summed E-state index contributed by atoms with van der Waals surface area (Å²) in [6.45, 7) is 0. The van der Waals surface area contributed by atoms with E-state index >= 15 is 0 Å². The summed E-state index contributed by atoms with van der Waals surface area (Å²) in [6, 6.07) is 5.60. The molecule has 0 aliphatic heterocycles. The van der Waals surface area contributed by atoms with Gasteiger partial charge in [-0.25, -0.2) is 0 Å². The van der Waals surface area contributed by atoms with E-state index < -0.39 is 0 Å². The van der Waals surface area contributed by atoms with Crippen molar-refractivity contribution in [3.63, 3.8) is 0 Å². The molecule has 1 aromatic carbocycles. The maximum absolute atomic E-state index is 5.61. The van der Waals surface area contributed by atoms with Crippen molar-refractivity contribution < 1.29 is 9.15 Å². The second kappa shape index (κ2) is 5.51. The molecule has 0 saturated heterocycles. The van der Waals surface area contributed by atoms with Crippen molar-refractivity contribution in [1.82, 2.24) is 10.2 Å². The zero-order valence-corrected chi connectivity index (χ0v) is 11.5. The predicted molar refractivity (Wildman–Crippen MR) is 68.4 cm³/mol. The summed E-state index contributed by atoms with van der Waals surface area (Å²) < 4.78 is 11.7. The monoisotopic (exact) mass is 316 g/mol. The Morgan fingerprint density at radius 2 is 2.24 bits per heavy atom. The first-order valence-electron chi connectivity index (χ1n) is 4.97. The number of halogens is 2. The molecule has 0 spiro atoms. The van der Waals surface area contributed by atoms with Crippen LogP contribution >= 0.6 is 27.5 Å². The number of rotatable bonds is 4. The molecule has 0 radical (unpaired) electrons. The van der Waals surface area contributed by atoms with Crippen LogP contribution < -0.4 is 4.74 Å². The molecule has 0 N–H and O–H groups in total. The SMILES string of the molecule is COc1cc(Br)ccc1-c1nnc(CCCl)o1. The zero-order valence-electron chi connectivity index (χ0n) is 9.11. The van der Waals surface area contributed by atoms with E-state index in [1.807, 2.05) is 18.2 Å². The molecule has 2 rings (SSSR count). The Morgan fingerprint density at radius 1 is 1.41 bits per heavy atom. The van der Waals surface area contributed by atoms with Crippen LogP contribution in [0.4, 0.5) is 0 Å². The van der Waals surface area contributed by atoms with Gasteiger partial charge >= 0.3 is 0 Å². The van der Waals surface area contributed by atoms with Crippen LogP contribution in [0.15, 0.2) is 27.1 Å². The Kier molecular flexibility index (Phi) is 4.02. The molecule has 0 unspecified atom stereocenters. The molecule has 17 heavy (non-hydrogen) atoms. The van der Waals surface area contributed by atoms with Gasteiger partial charge in [0.25, 0.3) is 5.89 Å². The van der Waals surface area contributed by atoms with Gasteiger partial charge in [0, 0.05) is 16.8 Å². The van der Waals surface area contributed by atoms with Crippen molar-refractivity contribution in [2.45, 2.75) is 6.42 Å². The van der Waals surface area contributed by atoms with Crippen LogP contribution in [-0.4, -0.2) is 23.2 Å². The highest BCUT2D eigenvalue weighted by Gasteiger charge is 2.13. The number of aryl methyl sites for hydroxylation is 1. The Hall–Kier alpha value is -1.07. The van der Waals surface area contributed by atoms with Gasteiger partial charge < -0.3 is 9.15 Å². The first-order valence-corrected chi connectivity index (χ1v) is 6.29. The molecule has 0 aliphatic carbocycles. The van der Waals surface area contributed by atoms with Gasteiger partial charge in [-0.1, -0.05) is 15.9 Å². The fraction of sp³-hybridized carbons (Fsp3) is 0.273. The first kappa shape index (κ1) is 12.4. The summed E-state index contributed by atoms with van der Waals surface area (Å²) in [5.41, 5.74) is 0.768. The van der Waals surface area contributed by atoms with Gasteiger partial charge in [-0.2, -0.15) is 0 Å². The lowest BCUT2D eigenvalue weighted by molar-refractivity contribution is 0.413. The summed E-state index contributed by atoms with van der Waals surface area (Å²) >= 11 is 8.99. The molecule has 1 aromatic heterocycles. The number of nitrogens with zero attached hydrogens (tertiary/aromatic N) is 2. The average Bonchev–Trinajstić information content (AvgIpc) is 2.78. The predicted octanol–water partition coefficient (Wildman–Crippen LogP) is 3.29. The van der Waals surface area contributed by atoms with E-state index in [0.29, 0.717) is 29.8 Å². The molecule has 0 saturated carbocycles. The Morgan fingerprint density at radius 3 is 2.94 bits per heavy atom. The summed E-state index contributed by atoms with van der Waals surface area (Å²) in [6.07, 6.45) is 0.563. The third-order valence-corrected chi connectivity index (χ3v) is 2.85. The Bertz CT molecular complexity index is 516. The van der Waals surface area contributed by atoms with Crippen LogP contribution in [0.3, 0.4) is 0 Å². The highest BCUT2D eigenvalue weighted by atomic mass is 79.9. The van der Waals surface area contributed by atoms with Crippen molar-refractivity contribution in [2.24, 2.45) is 0 Å². The van der Waals surface area contributed by atoms with E-state index in [4.69, 9.17) is 20.8 Å². The minimum Gasteiger partial charge on any atom is -0.496 e. The van der Waals surface area contributed by atoms with E-state index in [1.165, 1.54) is 0 Å². The van der Waals surface area contributed by atoms with Crippen LogP contribution in [-0.2, 0) is 6.42 Å². The number of ether oxygens (including phenoxy) is 1. The number of hydrogen-bond acceptors (Lipinski definition) is 4. The summed E-state index contributed by atoms with van der Waals surface area (Å²) in [4.78, 5) is 0.